The number of aryl methyl sites for hydroxylation is 1. The second-order valence-corrected chi connectivity index (χ2v) is 11.4. The quantitative estimate of drug-likeness (QED) is 0.108. The summed E-state index contributed by atoms with van der Waals surface area (Å²) in [6.07, 6.45) is 23.0. The van der Waals surface area contributed by atoms with E-state index < -0.39 is 0 Å². The van der Waals surface area contributed by atoms with E-state index >= 15 is 0 Å². The van der Waals surface area contributed by atoms with Crippen LogP contribution >= 0.6 is 15.9 Å². The van der Waals surface area contributed by atoms with E-state index in [4.69, 9.17) is 9.47 Å². The van der Waals surface area contributed by atoms with E-state index in [0.29, 0.717) is 22.4 Å². The molecule has 203 valence electrons. The molecular weight excluding hydrogens is 524 g/mol. The molecule has 0 bridgehead atoms. The lowest BCUT2D eigenvalue weighted by molar-refractivity contribution is 0.0733. The first-order valence-electron chi connectivity index (χ1n) is 14.7. The maximum atomic E-state index is 12.7. The van der Waals surface area contributed by atoms with Gasteiger partial charge in [0.2, 0.25) is 0 Å². The molecule has 3 rings (SSSR count). The van der Waals surface area contributed by atoms with Gasteiger partial charge in [0.1, 0.15) is 11.5 Å². The number of hydrogen-bond donors (Lipinski definition) is 0. The van der Waals surface area contributed by atoms with Crippen molar-refractivity contribution >= 4 is 21.9 Å². The SMILES string of the molecule is CCCCCCCCCCCCOc1ccc(C(=O)Oc2ccc(CCC3CC[CH]CC3)cc2)c(Br)c1. The Hall–Kier alpha value is -1.81. The molecule has 0 saturated heterocycles. The third-order valence-corrected chi connectivity index (χ3v) is 8.12. The van der Waals surface area contributed by atoms with Crippen molar-refractivity contribution in [3.63, 3.8) is 0 Å². The first kappa shape index (κ1) is 29.7. The number of carbonyl (C=O) groups excluding carboxylic acids is 1. The van der Waals surface area contributed by atoms with Gasteiger partial charge in [0.25, 0.3) is 0 Å². The Balaban J connectivity index is 1.32. The lowest BCUT2D eigenvalue weighted by Gasteiger charge is -2.21. The maximum Gasteiger partial charge on any atom is 0.344 e. The molecule has 1 saturated carbocycles. The predicted octanol–water partition coefficient (Wildman–Crippen LogP) is 10.3. The number of esters is 1. The molecule has 0 amide bonds. The fraction of sp³-hybridized carbons (Fsp3) is 0.576. The topological polar surface area (TPSA) is 35.5 Å². The van der Waals surface area contributed by atoms with Crippen molar-refractivity contribution < 1.29 is 14.3 Å². The smallest absolute Gasteiger partial charge is 0.344 e. The second-order valence-electron chi connectivity index (χ2n) is 10.6. The average Bonchev–Trinajstić information content (AvgIpc) is 2.92. The molecule has 1 aliphatic carbocycles. The van der Waals surface area contributed by atoms with Gasteiger partial charge in [-0.2, -0.15) is 0 Å². The number of benzene rings is 2. The lowest BCUT2D eigenvalue weighted by atomic mass is 9.85. The summed E-state index contributed by atoms with van der Waals surface area (Å²) >= 11 is 3.52. The van der Waals surface area contributed by atoms with Crippen molar-refractivity contribution in [2.75, 3.05) is 6.61 Å². The molecule has 0 heterocycles. The Morgan fingerprint density at radius 3 is 2.11 bits per heavy atom. The zero-order chi connectivity index (χ0) is 26.1. The van der Waals surface area contributed by atoms with Crippen molar-refractivity contribution in [3.05, 3.63) is 64.5 Å². The van der Waals surface area contributed by atoms with E-state index in [-0.39, 0.29) is 5.97 Å². The van der Waals surface area contributed by atoms with Gasteiger partial charge in [-0.15, -0.1) is 0 Å². The highest BCUT2D eigenvalue weighted by molar-refractivity contribution is 9.10. The van der Waals surface area contributed by atoms with Gasteiger partial charge < -0.3 is 9.47 Å². The van der Waals surface area contributed by atoms with E-state index in [9.17, 15) is 4.79 Å². The minimum atomic E-state index is -0.362. The van der Waals surface area contributed by atoms with Crippen LogP contribution < -0.4 is 9.47 Å². The highest BCUT2D eigenvalue weighted by Gasteiger charge is 2.15. The van der Waals surface area contributed by atoms with E-state index in [1.165, 1.54) is 95.5 Å². The molecule has 0 aromatic heterocycles. The van der Waals surface area contributed by atoms with Gasteiger partial charge in [-0.25, -0.2) is 4.79 Å². The normalized spacial score (nSPS) is 14.0. The molecule has 2 aromatic carbocycles. The Kier molecular flexibility index (Phi) is 14.2. The molecule has 1 fully saturated rings. The number of rotatable bonds is 17. The lowest BCUT2D eigenvalue weighted by Crippen LogP contribution is -2.10. The van der Waals surface area contributed by atoms with Crippen LogP contribution in [0.2, 0.25) is 0 Å². The van der Waals surface area contributed by atoms with Gasteiger partial charge in [-0.3, -0.25) is 0 Å². The molecule has 0 spiro atoms. The van der Waals surface area contributed by atoms with Crippen LogP contribution in [0.5, 0.6) is 11.5 Å². The van der Waals surface area contributed by atoms with E-state index in [0.717, 1.165) is 24.5 Å². The van der Waals surface area contributed by atoms with E-state index in [1.807, 2.05) is 24.3 Å². The van der Waals surface area contributed by atoms with Crippen LogP contribution in [0.1, 0.15) is 119 Å². The number of ether oxygens (including phenoxy) is 2. The molecule has 37 heavy (non-hydrogen) atoms. The van der Waals surface area contributed by atoms with Crippen LogP contribution in [0.25, 0.3) is 0 Å². The van der Waals surface area contributed by atoms with Gasteiger partial charge in [0, 0.05) is 4.47 Å². The summed E-state index contributed by atoms with van der Waals surface area (Å²) in [4.78, 5) is 12.7. The van der Waals surface area contributed by atoms with Gasteiger partial charge in [0.15, 0.2) is 0 Å². The van der Waals surface area contributed by atoms with Gasteiger partial charge in [0.05, 0.1) is 12.2 Å². The standard InChI is InChI=1S/C33H46BrO3/c1-2-3-4-5-6-7-8-9-10-14-25-36-30-23-24-31(32(34)26-30)33(35)37-29-21-19-28(20-22-29)18-17-27-15-12-11-13-16-27/h11,19-24,26-27H,2-10,12-18,25H2,1H3. The number of carbonyl (C=O) groups is 1. The summed E-state index contributed by atoms with van der Waals surface area (Å²) in [5.41, 5.74) is 1.81. The number of unbranched alkanes of at least 4 members (excludes halogenated alkanes) is 9. The van der Waals surface area contributed by atoms with Crippen molar-refractivity contribution in [1.29, 1.82) is 0 Å². The first-order valence-corrected chi connectivity index (χ1v) is 15.5. The Morgan fingerprint density at radius 2 is 1.46 bits per heavy atom. The highest BCUT2D eigenvalue weighted by atomic mass is 79.9. The minimum Gasteiger partial charge on any atom is -0.494 e. The molecule has 4 heteroatoms. The van der Waals surface area contributed by atoms with Crippen LogP contribution in [0.15, 0.2) is 46.9 Å². The van der Waals surface area contributed by atoms with Crippen LogP contribution in [-0.2, 0) is 6.42 Å². The molecule has 0 N–H and O–H groups in total. The van der Waals surface area contributed by atoms with Gasteiger partial charge >= 0.3 is 5.97 Å². The zero-order valence-electron chi connectivity index (χ0n) is 22.8. The summed E-state index contributed by atoms with van der Waals surface area (Å²) in [6.45, 7) is 2.97. The molecular formula is C33H46BrO3. The molecule has 0 unspecified atom stereocenters. The summed E-state index contributed by atoms with van der Waals surface area (Å²) in [5, 5.41) is 0. The van der Waals surface area contributed by atoms with E-state index in [1.54, 1.807) is 6.07 Å². The van der Waals surface area contributed by atoms with Gasteiger partial charge in [-0.1, -0.05) is 89.7 Å². The second kappa shape index (κ2) is 17.7. The molecule has 3 nitrogen and oxygen atoms in total. The third kappa shape index (κ3) is 11.6. The fourth-order valence-corrected chi connectivity index (χ4v) is 5.59. The van der Waals surface area contributed by atoms with Crippen LogP contribution in [0.3, 0.4) is 0 Å². The number of halogens is 1. The Morgan fingerprint density at radius 1 is 0.838 bits per heavy atom. The zero-order valence-corrected chi connectivity index (χ0v) is 24.4. The van der Waals surface area contributed by atoms with Crippen LogP contribution in [0.4, 0.5) is 0 Å². The molecule has 0 aliphatic heterocycles. The third-order valence-electron chi connectivity index (χ3n) is 7.46. The average molecular weight is 571 g/mol. The van der Waals surface area contributed by atoms with Crippen molar-refractivity contribution in [3.8, 4) is 11.5 Å². The van der Waals surface area contributed by atoms with Crippen molar-refractivity contribution in [2.45, 2.75) is 110 Å². The summed E-state index contributed by atoms with van der Waals surface area (Å²) in [5.74, 6) is 1.84. The first-order chi connectivity index (χ1) is 18.2. The monoisotopic (exact) mass is 569 g/mol. The summed E-state index contributed by atoms with van der Waals surface area (Å²) in [7, 11) is 0. The van der Waals surface area contributed by atoms with Crippen molar-refractivity contribution in [1.82, 2.24) is 0 Å². The van der Waals surface area contributed by atoms with Crippen molar-refractivity contribution in [2.24, 2.45) is 5.92 Å². The largest absolute Gasteiger partial charge is 0.494 e. The Labute approximate surface area is 233 Å². The maximum absolute atomic E-state index is 12.7. The van der Waals surface area contributed by atoms with Crippen LogP contribution in [0, 0.1) is 12.3 Å². The highest BCUT2D eigenvalue weighted by Crippen LogP contribution is 2.28. The summed E-state index contributed by atoms with van der Waals surface area (Å²) in [6, 6.07) is 13.5. The number of hydrogen-bond acceptors (Lipinski definition) is 3. The molecule has 2 aromatic rings. The Bertz CT molecular complexity index is 902. The molecule has 1 radical (unpaired) electrons. The molecule has 1 aliphatic rings. The van der Waals surface area contributed by atoms with Crippen LogP contribution in [-0.4, -0.2) is 12.6 Å². The van der Waals surface area contributed by atoms with E-state index in [2.05, 4.69) is 41.4 Å². The predicted molar refractivity (Wildman–Crippen MR) is 157 cm³/mol. The molecule has 0 atom stereocenters. The summed E-state index contributed by atoms with van der Waals surface area (Å²) < 4.78 is 12.2. The fourth-order valence-electron chi connectivity index (χ4n) is 5.07. The van der Waals surface area contributed by atoms with Gasteiger partial charge in [-0.05, 0) is 96.3 Å². The minimum absolute atomic E-state index is 0.362.